The van der Waals surface area contributed by atoms with Crippen LogP contribution in [0.2, 0.25) is 0 Å². The summed E-state index contributed by atoms with van der Waals surface area (Å²) >= 11 is 0. The quantitative estimate of drug-likeness (QED) is 0.675. The fraction of sp³-hybridized carbons (Fsp3) is 0.741. The second-order valence-electron chi connectivity index (χ2n) is 11.5. The maximum atomic E-state index is 14.1. The maximum Gasteiger partial charge on any atom is 0.222 e. The van der Waals surface area contributed by atoms with Crippen LogP contribution in [0.1, 0.15) is 56.9 Å². The molecule has 7 rings (SSSR count). The molecule has 1 aromatic carbocycles. The van der Waals surface area contributed by atoms with Gasteiger partial charge in [-0.25, -0.2) is 8.78 Å². The number of benzene rings is 1. The third-order valence-corrected chi connectivity index (χ3v) is 9.62. The molecule has 6 heteroatoms. The minimum atomic E-state index is -0.577. The second-order valence-corrected chi connectivity index (χ2v) is 11.5. The monoisotopic (exact) mass is 457 g/mol. The summed E-state index contributed by atoms with van der Waals surface area (Å²) in [5, 5.41) is 0. The number of likely N-dealkylation sites (tertiary alicyclic amines) is 1. The molecule has 6 aliphatic rings. The molecule has 0 N–H and O–H groups in total. The lowest BCUT2D eigenvalue weighted by Gasteiger charge is -2.58. The smallest absolute Gasteiger partial charge is 0.222 e. The van der Waals surface area contributed by atoms with Gasteiger partial charge in [-0.15, -0.1) is 0 Å². The van der Waals surface area contributed by atoms with Gasteiger partial charge in [-0.2, -0.15) is 0 Å². The van der Waals surface area contributed by atoms with E-state index in [1.165, 1.54) is 57.3 Å². The highest BCUT2D eigenvalue weighted by Gasteiger charge is 2.50. The average molecular weight is 458 g/mol. The van der Waals surface area contributed by atoms with Crippen LogP contribution < -0.4 is 0 Å². The van der Waals surface area contributed by atoms with E-state index in [-0.39, 0.29) is 12.5 Å². The van der Waals surface area contributed by atoms with E-state index in [0.717, 1.165) is 61.7 Å². The molecule has 2 aliphatic heterocycles. The summed E-state index contributed by atoms with van der Waals surface area (Å²) in [6.45, 7) is 5.43. The number of rotatable bonds is 4. The zero-order valence-electron chi connectivity index (χ0n) is 19.6. The molecular formula is C27H37F2N3O. The molecule has 4 aliphatic carbocycles. The van der Waals surface area contributed by atoms with Gasteiger partial charge < -0.3 is 4.90 Å². The Morgan fingerprint density at radius 1 is 0.818 bits per heavy atom. The van der Waals surface area contributed by atoms with Crippen molar-refractivity contribution < 1.29 is 13.6 Å². The number of nitrogens with zero attached hydrogens (tertiary/aromatic N) is 3. The topological polar surface area (TPSA) is 26.8 Å². The molecule has 0 aromatic heterocycles. The molecule has 1 unspecified atom stereocenters. The number of hydrogen-bond donors (Lipinski definition) is 0. The molecule has 6 fully saturated rings. The Kier molecular flexibility index (Phi) is 5.94. The van der Waals surface area contributed by atoms with Gasteiger partial charge in [0.1, 0.15) is 11.6 Å². The third kappa shape index (κ3) is 4.34. The minimum Gasteiger partial charge on any atom is -0.338 e. The molecule has 2 heterocycles. The zero-order chi connectivity index (χ0) is 22.5. The normalized spacial score (nSPS) is 37.5. The first-order valence-electron chi connectivity index (χ1n) is 13.2. The predicted molar refractivity (Wildman–Crippen MR) is 123 cm³/mol. The Hall–Kier alpha value is -1.53. The summed E-state index contributed by atoms with van der Waals surface area (Å²) in [6, 6.07) is 4.90. The summed E-state index contributed by atoms with van der Waals surface area (Å²) in [5.41, 5.74) is 0.396. The van der Waals surface area contributed by atoms with Gasteiger partial charge in [-0.3, -0.25) is 14.6 Å². The fourth-order valence-electron chi connectivity index (χ4n) is 8.30. The summed E-state index contributed by atoms with van der Waals surface area (Å²) in [7, 11) is 0. The highest BCUT2D eigenvalue weighted by molar-refractivity contribution is 5.76. The maximum absolute atomic E-state index is 14.1. The number of carbonyl (C=O) groups is 1. The van der Waals surface area contributed by atoms with Crippen molar-refractivity contribution >= 4 is 5.91 Å². The Morgan fingerprint density at radius 3 is 2.15 bits per heavy atom. The number of carbonyl (C=O) groups excluding carboxylic acids is 1. The largest absolute Gasteiger partial charge is 0.338 e. The lowest BCUT2D eigenvalue weighted by Crippen LogP contribution is -2.61. The summed E-state index contributed by atoms with van der Waals surface area (Å²) in [6.07, 6.45) is 9.77. The minimum absolute atomic E-state index is 0.0912. The molecule has 180 valence electrons. The first-order valence-corrected chi connectivity index (χ1v) is 13.2. The van der Waals surface area contributed by atoms with E-state index in [0.29, 0.717) is 24.6 Å². The fourth-order valence-corrected chi connectivity index (χ4v) is 8.30. The standard InChI is InChI=1S/C27H37F2N3O/c28-23-2-1-20(25(29)16-23)17-32-6-5-24(3-4-26(32)33)30-7-9-31(10-8-30)27-21-12-18-11-19(14-21)15-22(27)13-18/h1-2,16,18-19,21-22,24,27H,3-15,17H2. The van der Waals surface area contributed by atoms with Crippen LogP contribution in [-0.2, 0) is 11.3 Å². The first kappa shape index (κ1) is 22.0. The van der Waals surface area contributed by atoms with Gasteiger partial charge in [-0.1, -0.05) is 6.07 Å². The molecular weight excluding hydrogens is 420 g/mol. The summed E-state index contributed by atoms with van der Waals surface area (Å²) in [5.74, 6) is 2.90. The molecule has 4 nitrogen and oxygen atoms in total. The Bertz CT molecular complexity index is 856. The number of piperazine rings is 1. The van der Waals surface area contributed by atoms with Gasteiger partial charge in [-0.05, 0) is 74.7 Å². The van der Waals surface area contributed by atoms with Gasteiger partial charge in [0.25, 0.3) is 0 Å². The van der Waals surface area contributed by atoms with E-state index in [9.17, 15) is 13.6 Å². The van der Waals surface area contributed by atoms with Crippen LogP contribution in [0.25, 0.3) is 0 Å². The van der Waals surface area contributed by atoms with Crippen molar-refractivity contribution in [3.05, 3.63) is 35.4 Å². The Balaban J connectivity index is 1.04. The van der Waals surface area contributed by atoms with E-state index in [1.807, 2.05) is 0 Å². The van der Waals surface area contributed by atoms with E-state index in [4.69, 9.17) is 0 Å². The number of halogens is 2. The van der Waals surface area contributed by atoms with E-state index < -0.39 is 11.6 Å². The lowest BCUT2D eigenvalue weighted by atomic mass is 9.54. The second kappa shape index (κ2) is 8.92. The summed E-state index contributed by atoms with van der Waals surface area (Å²) < 4.78 is 27.3. The molecule has 4 saturated carbocycles. The Morgan fingerprint density at radius 2 is 1.48 bits per heavy atom. The van der Waals surface area contributed by atoms with Crippen molar-refractivity contribution in [1.82, 2.24) is 14.7 Å². The third-order valence-electron chi connectivity index (χ3n) is 9.62. The number of amides is 1. The predicted octanol–water partition coefficient (Wildman–Crippen LogP) is 4.29. The highest BCUT2D eigenvalue weighted by Crippen LogP contribution is 2.55. The van der Waals surface area contributed by atoms with Crippen molar-refractivity contribution in [2.45, 2.75) is 70.0 Å². The molecule has 33 heavy (non-hydrogen) atoms. The molecule has 0 spiro atoms. The van der Waals surface area contributed by atoms with Crippen LogP contribution in [-0.4, -0.2) is 65.4 Å². The van der Waals surface area contributed by atoms with E-state index >= 15 is 0 Å². The van der Waals surface area contributed by atoms with Crippen LogP contribution in [0, 0.1) is 35.3 Å². The van der Waals surface area contributed by atoms with Gasteiger partial charge >= 0.3 is 0 Å². The van der Waals surface area contributed by atoms with Crippen LogP contribution in [0.15, 0.2) is 18.2 Å². The molecule has 4 bridgehead atoms. The van der Waals surface area contributed by atoms with Crippen molar-refractivity contribution in [1.29, 1.82) is 0 Å². The van der Waals surface area contributed by atoms with Crippen molar-refractivity contribution in [2.75, 3.05) is 32.7 Å². The van der Waals surface area contributed by atoms with Gasteiger partial charge in [0.15, 0.2) is 0 Å². The Labute approximate surface area is 196 Å². The highest BCUT2D eigenvalue weighted by atomic mass is 19.1. The first-order chi connectivity index (χ1) is 16.0. The van der Waals surface area contributed by atoms with E-state index in [2.05, 4.69) is 9.80 Å². The van der Waals surface area contributed by atoms with Crippen molar-refractivity contribution in [2.24, 2.45) is 23.7 Å². The zero-order valence-corrected chi connectivity index (χ0v) is 19.6. The van der Waals surface area contributed by atoms with Crippen LogP contribution in [0.5, 0.6) is 0 Å². The van der Waals surface area contributed by atoms with Crippen molar-refractivity contribution in [3.63, 3.8) is 0 Å². The van der Waals surface area contributed by atoms with E-state index in [1.54, 1.807) is 4.90 Å². The van der Waals surface area contributed by atoms with Gasteiger partial charge in [0.05, 0.1) is 0 Å². The van der Waals surface area contributed by atoms with Crippen LogP contribution in [0.3, 0.4) is 0 Å². The number of hydrogen-bond acceptors (Lipinski definition) is 3. The molecule has 1 amide bonds. The lowest BCUT2D eigenvalue weighted by molar-refractivity contribution is -0.131. The van der Waals surface area contributed by atoms with Crippen LogP contribution >= 0.6 is 0 Å². The molecule has 1 aromatic rings. The van der Waals surface area contributed by atoms with Gasteiger partial charge in [0, 0.05) is 69.4 Å². The SMILES string of the molecule is O=C1CCC(N2CCN(C3C4CC5CC(C4)CC3C5)CC2)CCN1Cc1ccc(F)cc1F. The van der Waals surface area contributed by atoms with Gasteiger partial charge in [0.2, 0.25) is 5.91 Å². The van der Waals surface area contributed by atoms with Crippen LogP contribution in [0.4, 0.5) is 8.78 Å². The van der Waals surface area contributed by atoms with Crippen molar-refractivity contribution in [3.8, 4) is 0 Å². The molecule has 2 saturated heterocycles. The summed E-state index contributed by atoms with van der Waals surface area (Å²) in [4.78, 5) is 19.9. The average Bonchev–Trinajstić information content (AvgIpc) is 2.97. The molecule has 1 atom stereocenters. The molecule has 0 radical (unpaired) electrons.